The summed E-state index contributed by atoms with van der Waals surface area (Å²) in [5.41, 5.74) is 0.559. The van der Waals surface area contributed by atoms with Crippen LogP contribution >= 0.6 is 0 Å². The third-order valence-corrected chi connectivity index (χ3v) is 4.35. The minimum Gasteiger partial charge on any atom is -0.454 e. The van der Waals surface area contributed by atoms with Crippen LogP contribution in [0.5, 0.6) is 11.5 Å². The van der Waals surface area contributed by atoms with E-state index >= 15 is 0 Å². The highest BCUT2D eigenvalue weighted by atomic mass is 16.7. The zero-order valence-electron chi connectivity index (χ0n) is 13.8. The number of ether oxygens (including phenoxy) is 2. The Balaban J connectivity index is 1.40. The summed E-state index contributed by atoms with van der Waals surface area (Å²) in [6.45, 7) is 5.22. The Morgan fingerprint density at radius 2 is 2.04 bits per heavy atom. The van der Waals surface area contributed by atoms with Crippen molar-refractivity contribution in [3.63, 3.8) is 0 Å². The average Bonchev–Trinajstić information content (AvgIpc) is 3.00. The predicted octanol–water partition coefficient (Wildman–Crippen LogP) is 0.746. The maximum atomic E-state index is 12.4. The number of benzene rings is 1. The summed E-state index contributed by atoms with van der Waals surface area (Å²) in [5.74, 6) is 1.19. The first-order chi connectivity index (χ1) is 11.6. The summed E-state index contributed by atoms with van der Waals surface area (Å²) in [7, 11) is 0. The summed E-state index contributed by atoms with van der Waals surface area (Å²) in [6, 6.07) is 4.75. The molecule has 1 aromatic rings. The van der Waals surface area contributed by atoms with Gasteiger partial charge in [0, 0.05) is 18.5 Å². The molecule has 130 valence electrons. The number of ketones is 1. The van der Waals surface area contributed by atoms with Crippen molar-refractivity contribution in [1.82, 2.24) is 15.5 Å². The van der Waals surface area contributed by atoms with E-state index in [2.05, 4.69) is 15.5 Å². The Hall–Kier alpha value is -2.12. The van der Waals surface area contributed by atoms with Crippen molar-refractivity contribution in [2.45, 2.75) is 25.8 Å². The second-order valence-corrected chi connectivity index (χ2v) is 6.08. The first kappa shape index (κ1) is 16.7. The highest BCUT2D eigenvalue weighted by Crippen LogP contribution is 2.32. The molecule has 2 aliphatic rings. The molecule has 1 saturated heterocycles. The molecule has 0 radical (unpaired) electrons. The largest absolute Gasteiger partial charge is 0.454 e. The molecule has 0 aliphatic carbocycles. The van der Waals surface area contributed by atoms with E-state index in [1.807, 2.05) is 0 Å². The van der Waals surface area contributed by atoms with Crippen molar-refractivity contribution in [2.75, 3.05) is 33.1 Å². The van der Waals surface area contributed by atoms with Crippen LogP contribution in [-0.2, 0) is 4.79 Å². The lowest BCUT2D eigenvalue weighted by Crippen LogP contribution is -2.44. The smallest absolute Gasteiger partial charge is 0.231 e. The fourth-order valence-electron chi connectivity index (χ4n) is 2.65. The van der Waals surface area contributed by atoms with E-state index in [0.717, 1.165) is 19.6 Å². The molecule has 7 heteroatoms. The van der Waals surface area contributed by atoms with Crippen LogP contribution in [-0.4, -0.2) is 55.7 Å². The van der Waals surface area contributed by atoms with Gasteiger partial charge in [0.2, 0.25) is 12.7 Å². The predicted molar refractivity (Wildman–Crippen MR) is 88.2 cm³/mol. The standard InChI is InChI=1S/C17H23N3O4/c1-12(18-10-19-16(21)5-8-20-6-2-7-20)17(22)13-3-4-14-15(9-13)24-11-23-14/h3-4,9,12,18H,2,5-8,10-11H2,1H3,(H,19,21). The van der Waals surface area contributed by atoms with Gasteiger partial charge < -0.3 is 19.7 Å². The third-order valence-electron chi connectivity index (χ3n) is 4.35. The first-order valence-electron chi connectivity index (χ1n) is 8.30. The molecule has 3 rings (SSSR count). The van der Waals surface area contributed by atoms with E-state index in [-0.39, 0.29) is 25.2 Å². The van der Waals surface area contributed by atoms with Gasteiger partial charge in [-0.3, -0.25) is 14.9 Å². The highest BCUT2D eigenvalue weighted by Gasteiger charge is 2.20. The van der Waals surface area contributed by atoms with Gasteiger partial charge in [0.25, 0.3) is 0 Å². The lowest BCUT2D eigenvalue weighted by atomic mass is 10.1. The Morgan fingerprint density at radius 3 is 2.79 bits per heavy atom. The quantitative estimate of drug-likeness (QED) is 0.540. The van der Waals surface area contributed by atoms with E-state index in [0.29, 0.717) is 23.5 Å². The number of likely N-dealkylation sites (tertiary alicyclic amines) is 1. The molecule has 1 aromatic carbocycles. The van der Waals surface area contributed by atoms with Gasteiger partial charge in [-0.1, -0.05) is 0 Å². The normalized spacial score (nSPS) is 17.2. The fraction of sp³-hybridized carbons (Fsp3) is 0.529. The number of nitrogens with zero attached hydrogens (tertiary/aromatic N) is 1. The van der Waals surface area contributed by atoms with E-state index < -0.39 is 6.04 Å². The first-order valence-corrected chi connectivity index (χ1v) is 8.30. The molecule has 1 atom stereocenters. The molecule has 2 heterocycles. The van der Waals surface area contributed by atoms with E-state index in [1.165, 1.54) is 6.42 Å². The molecule has 0 saturated carbocycles. The minimum absolute atomic E-state index is 0.00266. The van der Waals surface area contributed by atoms with Crippen molar-refractivity contribution in [3.05, 3.63) is 23.8 Å². The van der Waals surface area contributed by atoms with Crippen LogP contribution in [0.1, 0.15) is 30.1 Å². The number of Topliss-reactive ketones (excluding diaryl/α,β-unsaturated/α-hetero) is 1. The third kappa shape index (κ3) is 4.04. The topological polar surface area (TPSA) is 79.9 Å². The summed E-state index contributed by atoms with van der Waals surface area (Å²) in [5, 5.41) is 5.82. The van der Waals surface area contributed by atoms with E-state index in [9.17, 15) is 9.59 Å². The Bertz CT molecular complexity index is 616. The van der Waals surface area contributed by atoms with Gasteiger partial charge in [-0.15, -0.1) is 0 Å². The molecule has 1 fully saturated rings. The lowest BCUT2D eigenvalue weighted by Gasteiger charge is -2.30. The molecular formula is C17H23N3O4. The molecule has 1 unspecified atom stereocenters. The van der Waals surface area contributed by atoms with Gasteiger partial charge in [-0.2, -0.15) is 0 Å². The zero-order valence-corrected chi connectivity index (χ0v) is 13.8. The van der Waals surface area contributed by atoms with Crippen LogP contribution in [0, 0.1) is 0 Å². The van der Waals surface area contributed by atoms with Gasteiger partial charge in [0.05, 0.1) is 12.7 Å². The van der Waals surface area contributed by atoms with Crippen LogP contribution in [0.25, 0.3) is 0 Å². The Morgan fingerprint density at radius 1 is 1.25 bits per heavy atom. The number of hydrogen-bond acceptors (Lipinski definition) is 6. The van der Waals surface area contributed by atoms with Crippen LogP contribution in [0.4, 0.5) is 0 Å². The van der Waals surface area contributed by atoms with Crippen LogP contribution < -0.4 is 20.1 Å². The minimum atomic E-state index is -0.402. The van der Waals surface area contributed by atoms with Crippen LogP contribution in [0.2, 0.25) is 0 Å². The van der Waals surface area contributed by atoms with Gasteiger partial charge in [-0.05, 0) is 44.6 Å². The highest BCUT2D eigenvalue weighted by molar-refractivity contribution is 6.00. The number of fused-ring (bicyclic) bond motifs is 1. The summed E-state index contributed by atoms with van der Waals surface area (Å²) in [6.07, 6.45) is 1.72. The molecule has 0 aromatic heterocycles. The molecule has 0 bridgehead atoms. The monoisotopic (exact) mass is 333 g/mol. The van der Waals surface area contributed by atoms with Crippen LogP contribution in [0.15, 0.2) is 18.2 Å². The number of amides is 1. The maximum Gasteiger partial charge on any atom is 0.231 e. The number of hydrogen-bond donors (Lipinski definition) is 2. The van der Waals surface area contributed by atoms with Crippen molar-refractivity contribution >= 4 is 11.7 Å². The summed E-state index contributed by atoms with van der Waals surface area (Å²) < 4.78 is 10.5. The zero-order chi connectivity index (χ0) is 16.9. The lowest BCUT2D eigenvalue weighted by molar-refractivity contribution is -0.121. The molecular weight excluding hydrogens is 310 g/mol. The van der Waals surface area contributed by atoms with E-state index in [4.69, 9.17) is 9.47 Å². The molecule has 1 amide bonds. The second-order valence-electron chi connectivity index (χ2n) is 6.08. The van der Waals surface area contributed by atoms with Crippen molar-refractivity contribution < 1.29 is 19.1 Å². The van der Waals surface area contributed by atoms with Crippen LogP contribution in [0.3, 0.4) is 0 Å². The van der Waals surface area contributed by atoms with Crippen molar-refractivity contribution in [1.29, 1.82) is 0 Å². The van der Waals surface area contributed by atoms with Gasteiger partial charge in [-0.25, -0.2) is 0 Å². The molecule has 2 N–H and O–H groups in total. The van der Waals surface area contributed by atoms with E-state index in [1.54, 1.807) is 25.1 Å². The van der Waals surface area contributed by atoms with Gasteiger partial charge >= 0.3 is 0 Å². The Labute approximate surface area is 141 Å². The Kier molecular flexibility index (Phi) is 5.32. The molecule has 24 heavy (non-hydrogen) atoms. The number of rotatable bonds is 8. The SMILES string of the molecule is CC(NCNC(=O)CCN1CCC1)C(=O)c1ccc2c(c1)OCO2. The summed E-state index contributed by atoms with van der Waals surface area (Å²) in [4.78, 5) is 26.4. The fourth-order valence-corrected chi connectivity index (χ4v) is 2.65. The summed E-state index contributed by atoms with van der Waals surface area (Å²) >= 11 is 0. The number of nitrogens with one attached hydrogen (secondary N) is 2. The second kappa shape index (κ2) is 7.63. The molecule has 7 nitrogen and oxygen atoms in total. The molecule has 0 spiro atoms. The maximum absolute atomic E-state index is 12.4. The van der Waals surface area contributed by atoms with Crippen molar-refractivity contribution in [3.8, 4) is 11.5 Å². The van der Waals surface area contributed by atoms with Gasteiger partial charge in [0.1, 0.15) is 0 Å². The average molecular weight is 333 g/mol. The van der Waals surface area contributed by atoms with Gasteiger partial charge in [0.15, 0.2) is 17.3 Å². The number of carbonyl (C=O) groups is 2. The van der Waals surface area contributed by atoms with Crippen molar-refractivity contribution in [2.24, 2.45) is 0 Å². The number of carbonyl (C=O) groups excluding carboxylic acids is 2. The molecule has 2 aliphatic heterocycles.